The van der Waals surface area contributed by atoms with Gasteiger partial charge in [-0.05, 0) is 61.1 Å². The molecule has 1 aromatic rings. The van der Waals surface area contributed by atoms with Crippen molar-refractivity contribution in [1.29, 1.82) is 0 Å². The second-order valence-electron chi connectivity index (χ2n) is 4.98. The summed E-state index contributed by atoms with van der Waals surface area (Å²) in [5.74, 6) is 2.24. The third-order valence-corrected chi connectivity index (χ3v) is 5.13. The normalized spacial score (nSPS) is 24.9. The topological polar surface area (TPSA) is 45.8 Å². The Kier molecular flexibility index (Phi) is 4.22. The monoisotopic (exact) mass is 346 g/mol. The van der Waals surface area contributed by atoms with Crippen molar-refractivity contribution in [2.45, 2.75) is 51.9 Å². The van der Waals surface area contributed by atoms with E-state index in [0.29, 0.717) is 9.49 Å². The smallest absolute Gasteiger partial charge is 0.264 e. The molecule has 1 aromatic heterocycles. The highest BCUT2D eigenvalue weighted by atomic mass is 127. The molecule has 2 rings (SSSR count). The summed E-state index contributed by atoms with van der Waals surface area (Å²) in [7, 11) is 0. The predicted molar refractivity (Wildman–Crippen MR) is 77.3 cm³/mol. The maximum absolute atomic E-state index is 11.7. The van der Waals surface area contributed by atoms with Crippen LogP contribution in [0.25, 0.3) is 0 Å². The number of hydrogen-bond acceptors (Lipinski definition) is 2. The molecule has 0 aliphatic heterocycles. The highest BCUT2D eigenvalue weighted by molar-refractivity contribution is 14.1. The quantitative estimate of drug-likeness (QED) is 0.835. The van der Waals surface area contributed by atoms with Crippen LogP contribution in [0.15, 0.2) is 4.79 Å². The molecule has 1 saturated carbocycles. The van der Waals surface area contributed by atoms with Gasteiger partial charge in [0.05, 0.1) is 9.26 Å². The van der Waals surface area contributed by atoms with E-state index in [1.165, 1.54) is 32.1 Å². The number of nitrogens with one attached hydrogen (secondary N) is 1. The lowest BCUT2D eigenvalue weighted by atomic mass is 9.80. The fourth-order valence-electron chi connectivity index (χ4n) is 2.63. The van der Waals surface area contributed by atoms with E-state index in [2.05, 4.69) is 39.5 Å². The second kappa shape index (κ2) is 5.50. The van der Waals surface area contributed by atoms with Gasteiger partial charge in [0.2, 0.25) is 0 Å². The first kappa shape index (κ1) is 13.1. The Hall–Kier alpha value is -0.390. The van der Waals surface area contributed by atoms with Crippen LogP contribution in [0.2, 0.25) is 0 Å². The summed E-state index contributed by atoms with van der Waals surface area (Å²) in [4.78, 5) is 19.2. The molecule has 0 amide bonds. The molecular formula is C13H19IN2O. The highest BCUT2D eigenvalue weighted by Gasteiger charge is 2.23. The van der Waals surface area contributed by atoms with Crippen LogP contribution in [0.4, 0.5) is 0 Å². The first-order valence-electron chi connectivity index (χ1n) is 6.38. The first-order valence-corrected chi connectivity index (χ1v) is 7.46. The maximum atomic E-state index is 11.7. The lowest BCUT2D eigenvalue weighted by Gasteiger charge is -2.27. The van der Waals surface area contributed by atoms with Gasteiger partial charge in [0.1, 0.15) is 5.82 Å². The number of hydrogen-bond donors (Lipinski definition) is 1. The summed E-state index contributed by atoms with van der Waals surface area (Å²) >= 11 is 2.06. The van der Waals surface area contributed by atoms with Crippen molar-refractivity contribution in [3.8, 4) is 0 Å². The van der Waals surface area contributed by atoms with Crippen LogP contribution in [-0.2, 0) is 0 Å². The Bertz CT molecular complexity index is 447. The Labute approximate surface area is 116 Å². The highest BCUT2D eigenvalue weighted by Crippen LogP contribution is 2.35. The molecule has 1 aliphatic carbocycles. The van der Waals surface area contributed by atoms with Gasteiger partial charge in [-0.15, -0.1) is 0 Å². The molecule has 0 spiro atoms. The molecule has 0 atom stereocenters. The zero-order valence-corrected chi connectivity index (χ0v) is 12.6. The summed E-state index contributed by atoms with van der Waals surface area (Å²) in [6.07, 6.45) is 6.16. The molecule has 0 radical (unpaired) electrons. The summed E-state index contributed by atoms with van der Waals surface area (Å²) < 4.78 is 0.716. The number of aromatic nitrogens is 2. The van der Waals surface area contributed by atoms with Crippen LogP contribution in [0.3, 0.4) is 0 Å². The van der Waals surface area contributed by atoms with E-state index in [-0.39, 0.29) is 5.56 Å². The number of aryl methyl sites for hydroxylation is 1. The summed E-state index contributed by atoms with van der Waals surface area (Å²) in [6, 6.07) is 0. The zero-order valence-electron chi connectivity index (χ0n) is 10.4. The minimum Gasteiger partial charge on any atom is -0.309 e. The van der Waals surface area contributed by atoms with Crippen LogP contribution in [0.1, 0.15) is 56.5 Å². The van der Waals surface area contributed by atoms with E-state index < -0.39 is 0 Å². The molecule has 4 heteroatoms. The van der Waals surface area contributed by atoms with E-state index in [9.17, 15) is 4.79 Å². The molecule has 1 aliphatic rings. The second-order valence-corrected chi connectivity index (χ2v) is 6.06. The first-order chi connectivity index (χ1) is 8.11. The Morgan fingerprint density at radius 1 is 1.35 bits per heavy atom. The molecule has 3 nitrogen and oxygen atoms in total. The van der Waals surface area contributed by atoms with Crippen LogP contribution >= 0.6 is 22.6 Å². The van der Waals surface area contributed by atoms with Crippen LogP contribution in [-0.4, -0.2) is 9.97 Å². The third-order valence-electron chi connectivity index (χ3n) is 3.86. The van der Waals surface area contributed by atoms with Gasteiger partial charge >= 0.3 is 0 Å². The van der Waals surface area contributed by atoms with Crippen LogP contribution in [0.5, 0.6) is 0 Å². The van der Waals surface area contributed by atoms with Crippen molar-refractivity contribution in [2.24, 2.45) is 5.92 Å². The third kappa shape index (κ3) is 2.89. The van der Waals surface area contributed by atoms with Gasteiger partial charge in [-0.3, -0.25) is 4.79 Å². The lowest BCUT2D eigenvalue weighted by molar-refractivity contribution is 0.311. The Morgan fingerprint density at radius 2 is 2.00 bits per heavy atom. The van der Waals surface area contributed by atoms with Crippen molar-refractivity contribution >= 4 is 22.6 Å². The van der Waals surface area contributed by atoms with E-state index in [1.54, 1.807) is 0 Å². The number of nitrogens with zero attached hydrogens (tertiary/aromatic N) is 1. The SMILES string of the molecule is CCC1CCC(c2nc(C)c(I)c(=O)[nH]2)CC1. The Balaban J connectivity index is 2.16. The molecule has 0 bridgehead atoms. The van der Waals surface area contributed by atoms with Gasteiger partial charge in [0.15, 0.2) is 0 Å². The van der Waals surface area contributed by atoms with Gasteiger partial charge in [0.25, 0.3) is 5.56 Å². The standard InChI is InChI=1S/C13H19IN2O/c1-3-9-4-6-10(7-5-9)12-15-8(2)11(14)13(17)16-12/h9-10H,3-7H2,1-2H3,(H,15,16,17). The van der Waals surface area contributed by atoms with Crippen molar-refractivity contribution in [1.82, 2.24) is 9.97 Å². The van der Waals surface area contributed by atoms with Crippen molar-refractivity contribution < 1.29 is 0 Å². The lowest BCUT2D eigenvalue weighted by Crippen LogP contribution is -2.21. The molecule has 1 N–H and O–H groups in total. The summed E-state index contributed by atoms with van der Waals surface area (Å²) in [6.45, 7) is 4.18. The Morgan fingerprint density at radius 3 is 2.53 bits per heavy atom. The van der Waals surface area contributed by atoms with E-state index in [1.807, 2.05) is 6.92 Å². The van der Waals surface area contributed by atoms with E-state index in [0.717, 1.165) is 17.4 Å². The van der Waals surface area contributed by atoms with Crippen molar-refractivity contribution in [2.75, 3.05) is 0 Å². The van der Waals surface area contributed by atoms with Gasteiger partial charge < -0.3 is 4.98 Å². The molecule has 0 aromatic carbocycles. The largest absolute Gasteiger partial charge is 0.309 e. The molecule has 1 fully saturated rings. The number of aromatic amines is 1. The van der Waals surface area contributed by atoms with Crippen LogP contribution in [0, 0.1) is 16.4 Å². The average Bonchev–Trinajstić information content (AvgIpc) is 2.35. The van der Waals surface area contributed by atoms with Crippen molar-refractivity contribution in [3.05, 3.63) is 25.4 Å². The molecule has 1 heterocycles. The summed E-state index contributed by atoms with van der Waals surface area (Å²) in [5.41, 5.74) is 0.882. The molecule has 17 heavy (non-hydrogen) atoms. The summed E-state index contributed by atoms with van der Waals surface area (Å²) in [5, 5.41) is 0. The molecular weight excluding hydrogens is 327 g/mol. The zero-order chi connectivity index (χ0) is 12.4. The number of H-pyrrole nitrogens is 1. The minimum atomic E-state index is 0.0192. The molecule has 94 valence electrons. The van der Waals surface area contributed by atoms with E-state index in [4.69, 9.17) is 0 Å². The average molecular weight is 346 g/mol. The van der Waals surface area contributed by atoms with Crippen molar-refractivity contribution in [3.63, 3.8) is 0 Å². The number of rotatable bonds is 2. The van der Waals surface area contributed by atoms with Gasteiger partial charge in [0, 0.05) is 5.92 Å². The number of halogens is 1. The molecule has 0 unspecified atom stereocenters. The minimum absolute atomic E-state index is 0.0192. The maximum Gasteiger partial charge on any atom is 0.264 e. The van der Waals surface area contributed by atoms with Gasteiger partial charge in [-0.25, -0.2) is 4.98 Å². The predicted octanol–water partition coefficient (Wildman–Crippen LogP) is 3.37. The van der Waals surface area contributed by atoms with Gasteiger partial charge in [-0.1, -0.05) is 13.3 Å². The van der Waals surface area contributed by atoms with E-state index >= 15 is 0 Å². The fourth-order valence-corrected chi connectivity index (χ4v) is 2.89. The molecule has 0 saturated heterocycles. The van der Waals surface area contributed by atoms with Crippen LogP contribution < -0.4 is 5.56 Å². The fraction of sp³-hybridized carbons (Fsp3) is 0.692. The van der Waals surface area contributed by atoms with Gasteiger partial charge in [-0.2, -0.15) is 0 Å².